The number of nitrogens with zero attached hydrogens (tertiary/aromatic N) is 2. The third kappa shape index (κ3) is 4.60. The van der Waals surface area contributed by atoms with Crippen LogP contribution in [0.15, 0.2) is 36.4 Å². The van der Waals surface area contributed by atoms with Crippen LogP contribution in [0.2, 0.25) is 0 Å². The van der Waals surface area contributed by atoms with Gasteiger partial charge in [0.05, 0.1) is 26.9 Å². The van der Waals surface area contributed by atoms with Crippen molar-refractivity contribution in [2.45, 2.75) is 19.8 Å². The molecule has 2 aromatic carbocycles. The molecule has 0 bridgehead atoms. The Morgan fingerprint density at radius 1 is 0.742 bits per heavy atom. The van der Waals surface area contributed by atoms with E-state index in [9.17, 15) is 9.59 Å². The molecule has 1 aliphatic rings. The van der Waals surface area contributed by atoms with E-state index in [0.29, 0.717) is 60.5 Å². The van der Waals surface area contributed by atoms with Crippen LogP contribution in [0.3, 0.4) is 0 Å². The number of hydrogen-bond donors (Lipinski definition) is 0. The van der Waals surface area contributed by atoms with Crippen LogP contribution >= 0.6 is 0 Å². The van der Waals surface area contributed by atoms with Crippen LogP contribution in [0, 0.1) is 0 Å². The fraction of sp³-hybridized carbons (Fsp3) is 0.417. The molecule has 31 heavy (non-hydrogen) atoms. The molecule has 2 aromatic rings. The predicted molar refractivity (Wildman–Crippen MR) is 118 cm³/mol. The summed E-state index contributed by atoms with van der Waals surface area (Å²) in [5, 5.41) is 0. The smallest absolute Gasteiger partial charge is 0.257 e. The lowest BCUT2D eigenvalue weighted by atomic mass is 10.0. The van der Waals surface area contributed by atoms with Gasteiger partial charge in [-0.25, -0.2) is 0 Å². The van der Waals surface area contributed by atoms with Crippen molar-refractivity contribution < 1.29 is 23.8 Å². The first-order valence-electron chi connectivity index (χ1n) is 10.4. The van der Waals surface area contributed by atoms with Gasteiger partial charge in [0.25, 0.3) is 11.8 Å². The van der Waals surface area contributed by atoms with E-state index in [1.807, 2.05) is 24.3 Å². The highest BCUT2D eigenvalue weighted by molar-refractivity contribution is 5.99. The summed E-state index contributed by atoms with van der Waals surface area (Å²) in [7, 11) is 4.54. The van der Waals surface area contributed by atoms with Crippen LogP contribution in [0.25, 0.3) is 0 Å². The molecule has 1 fully saturated rings. The summed E-state index contributed by atoms with van der Waals surface area (Å²) in [6.45, 7) is 6.11. The van der Waals surface area contributed by atoms with Crippen molar-refractivity contribution in [3.8, 4) is 17.2 Å². The van der Waals surface area contributed by atoms with Crippen LogP contribution in [0.5, 0.6) is 17.2 Å². The van der Waals surface area contributed by atoms with Gasteiger partial charge in [-0.05, 0) is 35.7 Å². The van der Waals surface area contributed by atoms with Crippen LogP contribution < -0.4 is 14.2 Å². The molecule has 0 atom stereocenters. The van der Waals surface area contributed by atoms with Gasteiger partial charge in [-0.3, -0.25) is 9.59 Å². The van der Waals surface area contributed by atoms with Crippen molar-refractivity contribution in [2.24, 2.45) is 0 Å². The van der Waals surface area contributed by atoms with Crippen molar-refractivity contribution in [3.63, 3.8) is 0 Å². The molecule has 7 heteroatoms. The lowest BCUT2D eigenvalue weighted by molar-refractivity contribution is 0.0533. The molecular weight excluding hydrogens is 396 g/mol. The van der Waals surface area contributed by atoms with E-state index < -0.39 is 0 Å². The second-order valence-corrected chi connectivity index (χ2v) is 7.74. The van der Waals surface area contributed by atoms with Crippen LogP contribution in [0.4, 0.5) is 0 Å². The quantitative estimate of drug-likeness (QED) is 0.708. The van der Waals surface area contributed by atoms with E-state index in [-0.39, 0.29) is 11.8 Å². The molecule has 1 saturated heterocycles. The van der Waals surface area contributed by atoms with Gasteiger partial charge < -0.3 is 24.0 Å². The van der Waals surface area contributed by atoms with Gasteiger partial charge >= 0.3 is 0 Å². The molecule has 0 unspecified atom stereocenters. The number of hydrogen-bond acceptors (Lipinski definition) is 5. The lowest BCUT2D eigenvalue weighted by Gasteiger charge is -2.35. The molecular formula is C24H30N2O5. The third-order valence-electron chi connectivity index (χ3n) is 5.61. The molecule has 0 spiro atoms. The Balaban J connectivity index is 1.69. The topological polar surface area (TPSA) is 68.3 Å². The second-order valence-electron chi connectivity index (χ2n) is 7.74. The molecule has 166 valence electrons. The maximum absolute atomic E-state index is 13.1. The molecule has 1 aliphatic heterocycles. The molecule has 2 amide bonds. The molecule has 0 N–H and O–H groups in total. The summed E-state index contributed by atoms with van der Waals surface area (Å²) in [5.74, 6) is 1.48. The highest BCUT2D eigenvalue weighted by atomic mass is 16.5. The van der Waals surface area contributed by atoms with E-state index in [4.69, 9.17) is 14.2 Å². The van der Waals surface area contributed by atoms with Crippen molar-refractivity contribution in [2.75, 3.05) is 47.5 Å². The average Bonchev–Trinajstić information content (AvgIpc) is 2.82. The fourth-order valence-electron chi connectivity index (χ4n) is 3.75. The van der Waals surface area contributed by atoms with Gasteiger partial charge in [0.2, 0.25) is 5.75 Å². The number of amides is 2. The van der Waals surface area contributed by atoms with Crippen LogP contribution in [-0.4, -0.2) is 69.1 Å². The van der Waals surface area contributed by atoms with Crippen molar-refractivity contribution in [1.82, 2.24) is 9.80 Å². The van der Waals surface area contributed by atoms with E-state index >= 15 is 0 Å². The molecule has 3 rings (SSSR count). The Morgan fingerprint density at radius 2 is 1.29 bits per heavy atom. The lowest BCUT2D eigenvalue weighted by Crippen LogP contribution is -2.50. The minimum absolute atomic E-state index is 0.00824. The van der Waals surface area contributed by atoms with E-state index in [2.05, 4.69) is 13.8 Å². The zero-order valence-corrected chi connectivity index (χ0v) is 18.8. The summed E-state index contributed by atoms with van der Waals surface area (Å²) < 4.78 is 16.1. The van der Waals surface area contributed by atoms with Gasteiger partial charge in [0.1, 0.15) is 0 Å². The average molecular weight is 427 g/mol. The summed E-state index contributed by atoms with van der Waals surface area (Å²) in [6.07, 6.45) is 0. The fourth-order valence-corrected chi connectivity index (χ4v) is 3.75. The predicted octanol–water partition coefficient (Wildman–Crippen LogP) is 3.43. The molecule has 7 nitrogen and oxygen atoms in total. The first kappa shape index (κ1) is 22.5. The van der Waals surface area contributed by atoms with Crippen molar-refractivity contribution >= 4 is 11.8 Å². The number of rotatable bonds is 6. The van der Waals surface area contributed by atoms with E-state index in [1.165, 1.54) is 26.9 Å². The molecule has 0 aromatic heterocycles. The van der Waals surface area contributed by atoms with Crippen LogP contribution in [0.1, 0.15) is 46.0 Å². The highest BCUT2D eigenvalue weighted by Crippen LogP contribution is 2.40. The number of carbonyl (C=O) groups is 2. The summed E-state index contributed by atoms with van der Waals surface area (Å²) >= 11 is 0. The standard InChI is InChI=1S/C24H30N2O5/c1-16(2)17-6-8-18(9-7-17)23(27)25-12-14-26(15-13-25)24(28)19-10-11-20(29-3)22(31-5)21(19)30-4/h6-11,16H,12-15H2,1-5H3. The zero-order valence-electron chi connectivity index (χ0n) is 18.8. The van der Waals surface area contributed by atoms with Gasteiger partial charge in [-0.1, -0.05) is 26.0 Å². The maximum Gasteiger partial charge on any atom is 0.257 e. The van der Waals surface area contributed by atoms with Gasteiger partial charge in [-0.15, -0.1) is 0 Å². The normalized spacial score (nSPS) is 13.9. The maximum atomic E-state index is 13.1. The molecule has 0 radical (unpaired) electrons. The summed E-state index contributed by atoms with van der Waals surface area (Å²) in [6, 6.07) is 11.1. The Hall–Kier alpha value is -3.22. The highest BCUT2D eigenvalue weighted by Gasteiger charge is 2.29. The largest absolute Gasteiger partial charge is 0.493 e. The minimum atomic E-state index is -0.161. The van der Waals surface area contributed by atoms with E-state index in [0.717, 1.165) is 0 Å². The Kier molecular flexibility index (Phi) is 7.05. The van der Waals surface area contributed by atoms with Gasteiger partial charge in [-0.2, -0.15) is 0 Å². The summed E-state index contributed by atoms with van der Waals surface area (Å²) in [5.41, 5.74) is 2.28. The zero-order chi connectivity index (χ0) is 22.5. The Labute approximate surface area is 183 Å². The number of carbonyl (C=O) groups excluding carboxylic acids is 2. The molecule has 0 saturated carbocycles. The van der Waals surface area contributed by atoms with Crippen molar-refractivity contribution in [3.05, 3.63) is 53.1 Å². The van der Waals surface area contributed by atoms with Gasteiger partial charge in [0, 0.05) is 31.7 Å². The van der Waals surface area contributed by atoms with Crippen LogP contribution in [-0.2, 0) is 0 Å². The van der Waals surface area contributed by atoms with Gasteiger partial charge in [0.15, 0.2) is 11.5 Å². The first-order valence-corrected chi connectivity index (χ1v) is 10.4. The third-order valence-corrected chi connectivity index (χ3v) is 5.61. The first-order chi connectivity index (χ1) is 14.9. The SMILES string of the molecule is COc1ccc(C(=O)N2CCN(C(=O)c3ccc(C(C)C)cc3)CC2)c(OC)c1OC. The Bertz CT molecular complexity index is 932. The minimum Gasteiger partial charge on any atom is -0.493 e. The number of methoxy groups -OCH3 is 3. The second kappa shape index (κ2) is 9.73. The molecule has 0 aliphatic carbocycles. The van der Waals surface area contributed by atoms with E-state index in [1.54, 1.807) is 21.9 Å². The summed E-state index contributed by atoms with van der Waals surface area (Å²) in [4.78, 5) is 29.5. The number of piperazine rings is 1. The molecule has 1 heterocycles. The number of ether oxygens (including phenoxy) is 3. The Morgan fingerprint density at radius 3 is 1.77 bits per heavy atom. The monoisotopic (exact) mass is 426 g/mol. The van der Waals surface area contributed by atoms with Crippen molar-refractivity contribution in [1.29, 1.82) is 0 Å². The number of benzene rings is 2.